The molecule has 0 aromatic heterocycles. The van der Waals surface area contributed by atoms with Crippen LogP contribution in [-0.2, 0) is 14.3 Å². The van der Waals surface area contributed by atoms with E-state index < -0.39 is 0 Å². The van der Waals surface area contributed by atoms with Gasteiger partial charge in [0.25, 0.3) is 0 Å². The van der Waals surface area contributed by atoms with Gasteiger partial charge in [-0.15, -0.1) is 0 Å². The summed E-state index contributed by atoms with van der Waals surface area (Å²) < 4.78 is 10.1. The Hall–Kier alpha value is -0.670. The molecule has 1 fully saturated rings. The molecule has 3 heteroatoms. The second-order valence-electron chi connectivity index (χ2n) is 3.29. The summed E-state index contributed by atoms with van der Waals surface area (Å²) in [5.74, 6) is 0.155. The van der Waals surface area contributed by atoms with Gasteiger partial charge in [-0.05, 0) is 25.3 Å². The molecule has 0 N–H and O–H groups in total. The van der Waals surface area contributed by atoms with Crippen LogP contribution in [0.25, 0.3) is 0 Å². The molecule has 1 unspecified atom stereocenters. The minimum absolute atomic E-state index is 0.0387. The van der Waals surface area contributed by atoms with Crippen LogP contribution in [0.4, 0.5) is 0 Å². The zero-order chi connectivity index (χ0) is 9.68. The number of carbonyl (C=O) groups is 1. The molecule has 1 heterocycles. The van der Waals surface area contributed by atoms with E-state index in [4.69, 9.17) is 9.47 Å². The Balaban J connectivity index is 1.87. The van der Waals surface area contributed by atoms with E-state index in [1.807, 2.05) is 0 Å². The standard InChI is InChI=1S/C10H16O3/c1-8(2)9(11)5-3-4-6-12-10-7-13-10/h10H,1,3-7H2,2H3. The van der Waals surface area contributed by atoms with Gasteiger partial charge in [-0.2, -0.15) is 0 Å². The zero-order valence-corrected chi connectivity index (χ0v) is 8.04. The molecule has 0 amide bonds. The second kappa shape index (κ2) is 5.14. The van der Waals surface area contributed by atoms with E-state index >= 15 is 0 Å². The van der Waals surface area contributed by atoms with Crippen molar-refractivity contribution in [3.63, 3.8) is 0 Å². The average molecular weight is 184 g/mol. The lowest BCUT2D eigenvalue weighted by molar-refractivity contribution is -0.115. The fourth-order valence-electron chi connectivity index (χ4n) is 0.951. The molecular weight excluding hydrogens is 168 g/mol. The van der Waals surface area contributed by atoms with Crippen LogP contribution in [0, 0.1) is 0 Å². The summed E-state index contributed by atoms with van der Waals surface area (Å²) in [6, 6.07) is 0. The first-order chi connectivity index (χ1) is 6.20. The number of hydrogen-bond donors (Lipinski definition) is 0. The van der Waals surface area contributed by atoms with E-state index in [1.165, 1.54) is 0 Å². The maximum absolute atomic E-state index is 11.1. The fourth-order valence-corrected chi connectivity index (χ4v) is 0.951. The minimum atomic E-state index is 0.0387. The lowest BCUT2D eigenvalue weighted by Crippen LogP contribution is -2.01. The molecule has 1 aliphatic rings. The maximum atomic E-state index is 11.1. The van der Waals surface area contributed by atoms with Gasteiger partial charge in [-0.25, -0.2) is 0 Å². The molecule has 1 rings (SSSR count). The molecule has 74 valence electrons. The molecule has 0 aromatic carbocycles. The highest BCUT2D eigenvalue weighted by molar-refractivity contribution is 5.93. The number of hydrogen-bond acceptors (Lipinski definition) is 3. The average Bonchev–Trinajstić information content (AvgIpc) is 2.87. The lowest BCUT2D eigenvalue weighted by atomic mass is 10.1. The largest absolute Gasteiger partial charge is 0.350 e. The van der Waals surface area contributed by atoms with Crippen molar-refractivity contribution in [2.45, 2.75) is 32.5 Å². The Morgan fingerprint density at radius 1 is 1.62 bits per heavy atom. The first-order valence-electron chi connectivity index (χ1n) is 4.62. The van der Waals surface area contributed by atoms with Crippen molar-refractivity contribution in [2.75, 3.05) is 13.2 Å². The topological polar surface area (TPSA) is 38.8 Å². The molecule has 0 saturated carbocycles. The van der Waals surface area contributed by atoms with Crippen LogP contribution < -0.4 is 0 Å². The summed E-state index contributed by atoms with van der Waals surface area (Å²) in [5, 5.41) is 0. The molecule has 1 atom stereocenters. The molecule has 1 saturated heterocycles. The molecule has 13 heavy (non-hydrogen) atoms. The summed E-state index contributed by atoms with van der Waals surface area (Å²) in [6.45, 7) is 6.75. The van der Waals surface area contributed by atoms with Crippen LogP contribution in [0.2, 0.25) is 0 Å². The molecule has 1 aliphatic heterocycles. The Morgan fingerprint density at radius 3 is 2.85 bits per heavy atom. The predicted molar refractivity (Wildman–Crippen MR) is 49.4 cm³/mol. The number of Topliss-reactive ketones (excluding diaryl/α,β-unsaturated/α-hetero) is 1. The van der Waals surface area contributed by atoms with Crippen molar-refractivity contribution in [1.29, 1.82) is 0 Å². The van der Waals surface area contributed by atoms with Gasteiger partial charge in [0.2, 0.25) is 0 Å². The SMILES string of the molecule is C=C(C)C(=O)CCCCOC1CO1. The Labute approximate surface area is 78.7 Å². The zero-order valence-electron chi connectivity index (χ0n) is 8.04. The fraction of sp³-hybridized carbons (Fsp3) is 0.700. The number of ketones is 1. The summed E-state index contributed by atoms with van der Waals surface area (Å²) in [7, 11) is 0. The van der Waals surface area contributed by atoms with E-state index in [-0.39, 0.29) is 12.1 Å². The minimum Gasteiger partial charge on any atom is -0.350 e. The third-order valence-corrected chi connectivity index (χ3v) is 1.88. The predicted octanol–water partition coefficient (Wildman–Crippen LogP) is 1.67. The first kappa shape index (κ1) is 10.4. The van der Waals surface area contributed by atoms with Crippen LogP contribution in [-0.4, -0.2) is 25.3 Å². The molecule has 0 spiro atoms. The molecular formula is C10H16O3. The van der Waals surface area contributed by atoms with Crippen LogP contribution in [0.1, 0.15) is 26.2 Å². The quantitative estimate of drug-likeness (QED) is 0.343. The van der Waals surface area contributed by atoms with E-state index in [0.717, 1.165) is 19.4 Å². The summed E-state index contributed by atoms with van der Waals surface area (Å²) in [6.07, 6.45) is 2.42. The van der Waals surface area contributed by atoms with Gasteiger partial charge in [0.1, 0.15) is 6.61 Å². The van der Waals surface area contributed by atoms with Crippen LogP contribution >= 0.6 is 0 Å². The van der Waals surface area contributed by atoms with Crippen molar-refractivity contribution in [2.24, 2.45) is 0 Å². The highest BCUT2D eigenvalue weighted by atomic mass is 16.8. The van der Waals surface area contributed by atoms with Gasteiger partial charge in [0, 0.05) is 13.0 Å². The normalized spacial score (nSPS) is 19.9. The molecule has 0 bridgehead atoms. The summed E-state index contributed by atoms with van der Waals surface area (Å²) in [5.41, 5.74) is 0.645. The lowest BCUT2D eigenvalue weighted by Gasteiger charge is -2.00. The van der Waals surface area contributed by atoms with Gasteiger partial charge in [0.05, 0.1) is 0 Å². The van der Waals surface area contributed by atoms with Crippen LogP contribution in [0.5, 0.6) is 0 Å². The second-order valence-corrected chi connectivity index (χ2v) is 3.29. The van der Waals surface area contributed by atoms with E-state index in [2.05, 4.69) is 6.58 Å². The van der Waals surface area contributed by atoms with Gasteiger partial charge in [-0.1, -0.05) is 6.58 Å². The number of rotatable bonds is 7. The van der Waals surface area contributed by atoms with E-state index in [1.54, 1.807) is 6.92 Å². The smallest absolute Gasteiger partial charge is 0.181 e. The number of unbranched alkanes of at least 4 members (excludes halogenated alkanes) is 1. The van der Waals surface area contributed by atoms with E-state index in [9.17, 15) is 4.79 Å². The van der Waals surface area contributed by atoms with Gasteiger partial charge in [0.15, 0.2) is 12.1 Å². The highest BCUT2D eigenvalue weighted by Gasteiger charge is 2.22. The van der Waals surface area contributed by atoms with Crippen molar-refractivity contribution in [3.8, 4) is 0 Å². The van der Waals surface area contributed by atoms with Crippen molar-refractivity contribution in [3.05, 3.63) is 12.2 Å². The molecule has 0 aromatic rings. The van der Waals surface area contributed by atoms with Crippen LogP contribution in [0.3, 0.4) is 0 Å². The number of allylic oxidation sites excluding steroid dienone is 1. The number of carbonyl (C=O) groups excluding carboxylic acids is 1. The maximum Gasteiger partial charge on any atom is 0.181 e. The third kappa shape index (κ3) is 4.80. The number of ether oxygens (including phenoxy) is 2. The summed E-state index contributed by atoms with van der Waals surface area (Å²) in [4.78, 5) is 11.1. The summed E-state index contributed by atoms with van der Waals surface area (Å²) >= 11 is 0. The molecule has 0 aliphatic carbocycles. The van der Waals surface area contributed by atoms with Gasteiger partial charge < -0.3 is 9.47 Å². The van der Waals surface area contributed by atoms with Crippen molar-refractivity contribution < 1.29 is 14.3 Å². The van der Waals surface area contributed by atoms with Gasteiger partial charge in [-0.3, -0.25) is 4.79 Å². The Kier molecular flexibility index (Phi) is 4.12. The third-order valence-electron chi connectivity index (χ3n) is 1.88. The molecule has 0 radical (unpaired) electrons. The van der Waals surface area contributed by atoms with Gasteiger partial charge >= 0.3 is 0 Å². The highest BCUT2D eigenvalue weighted by Crippen LogP contribution is 2.11. The first-order valence-corrected chi connectivity index (χ1v) is 4.62. The van der Waals surface area contributed by atoms with Crippen LogP contribution in [0.15, 0.2) is 12.2 Å². The Bertz CT molecular complexity index is 194. The Morgan fingerprint density at radius 2 is 2.31 bits per heavy atom. The monoisotopic (exact) mass is 184 g/mol. The van der Waals surface area contributed by atoms with Crippen molar-refractivity contribution in [1.82, 2.24) is 0 Å². The number of epoxide rings is 1. The van der Waals surface area contributed by atoms with E-state index in [0.29, 0.717) is 18.6 Å². The molecule has 3 nitrogen and oxygen atoms in total. The van der Waals surface area contributed by atoms with Crippen molar-refractivity contribution >= 4 is 5.78 Å².